The summed E-state index contributed by atoms with van der Waals surface area (Å²) >= 11 is 0. The Hall–Kier alpha value is -1.78. The summed E-state index contributed by atoms with van der Waals surface area (Å²) in [5.41, 5.74) is 8.54. The van der Waals surface area contributed by atoms with E-state index in [-0.39, 0.29) is 0 Å². The van der Waals surface area contributed by atoms with E-state index in [4.69, 9.17) is 14.2 Å². The fraction of sp³-hybridized carbons (Fsp3) is 0.842. The number of nitriles is 1. The topological polar surface area (TPSA) is 103 Å². The standard InChI is InChI=1S/C19H33N5O3/c1-6-8-10-25-14-16-18(26-11-9-7-2)19(3,22-23-21)17(27-16)15(12-20)13-24(4)5/h13,16-18H,6-11,14H2,1-5H3/t16-,17?,18-,19?/m1/s1. The van der Waals surface area contributed by atoms with Gasteiger partial charge in [0.05, 0.1) is 24.4 Å². The molecular formula is C19H33N5O3. The molecule has 2 unspecified atom stereocenters. The van der Waals surface area contributed by atoms with Crippen LogP contribution in [-0.2, 0) is 14.2 Å². The molecule has 4 atom stereocenters. The molecule has 0 bridgehead atoms. The minimum Gasteiger partial charge on any atom is -0.383 e. The highest BCUT2D eigenvalue weighted by Crippen LogP contribution is 2.40. The van der Waals surface area contributed by atoms with Gasteiger partial charge in [-0.15, -0.1) is 0 Å². The normalized spacial score (nSPS) is 27.9. The van der Waals surface area contributed by atoms with Crippen LogP contribution in [0, 0.1) is 11.3 Å². The van der Waals surface area contributed by atoms with E-state index in [1.54, 1.807) is 18.0 Å². The van der Waals surface area contributed by atoms with Gasteiger partial charge in [-0.1, -0.05) is 31.8 Å². The average Bonchev–Trinajstić information content (AvgIpc) is 2.89. The first-order valence-electron chi connectivity index (χ1n) is 9.63. The second-order valence-electron chi connectivity index (χ2n) is 7.20. The van der Waals surface area contributed by atoms with Crippen molar-refractivity contribution in [2.45, 2.75) is 70.3 Å². The summed E-state index contributed by atoms with van der Waals surface area (Å²) < 4.78 is 18.0. The van der Waals surface area contributed by atoms with Crippen molar-refractivity contribution in [1.82, 2.24) is 4.90 Å². The SMILES string of the molecule is CCCCOC[C@H]1OC(C(C#N)=CN(C)C)C(C)(N=[N+]=[N-])[C@@H]1OCCCC. The van der Waals surface area contributed by atoms with Gasteiger partial charge < -0.3 is 19.1 Å². The van der Waals surface area contributed by atoms with Crippen LogP contribution in [0.2, 0.25) is 0 Å². The summed E-state index contributed by atoms with van der Waals surface area (Å²) in [6.07, 6.45) is 4.03. The fourth-order valence-corrected chi connectivity index (χ4v) is 3.14. The molecule has 1 saturated heterocycles. The molecule has 1 fully saturated rings. The van der Waals surface area contributed by atoms with Crippen molar-refractivity contribution >= 4 is 0 Å². The van der Waals surface area contributed by atoms with Crippen LogP contribution in [-0.4, -0.2) is 62.7 Å². The van der Waals surface area contributed by atoms with Gasteiger partial charge in [-0.05, 0) is 25.3 Å². The third-order valence-electron chi connectivity index (χ3n) is 4.54. The van der Waals surface area contributed by atoms with Crippen molar-refractivity contribution in [2.75, 3.05) is 33.9 Å². The van der Waals surface area contributed by atoms with Crippen LogP contribution in [0.5, 0.6) is 0 Å². The van der Waals surface area contributed by atoms with Crippen LogP contribution in [0.15, 0.2) is 16.9 Å². The van der Waals surface area contributed by atoms with E-state index in [2.05, 4.69) is 29.9 Å². The summed E-state index contributed by atoms with van der Waals surface area (Å²) in [5.74, 6) is 0. The first-order chi connectivity index (χ1) is 12.9. The second kappa shape index (κ2) is 11.8. The zero-order valence-corrected chi connectivity index (χ0v) is 17.2. The van der Waals surface area contributed by atoms with Crippen molar-refractivity contribution in [3.05, 3.63) is 22.2 Å². The third-order valence-corrected chi connectivity index (χ3v) is 4.54. The van der Waals surface area contributed by atoms with E-state index in [0.29, 0.717) is 25.4 Å². The Labute approximate surface area is 162 Å². The van der Waals surface area contributed by atoms with Crippen molar-refractivity contribution in [3.63, 3.8) is 0 Å². The highest BCUT2D eigenvalue weighted by atomic mass is 16.6. The molecule has 0 N–H and O–H groups in total. The number of unbranched alkanes of at least 4 members (excludes halogenated alkanes) is 2. The molecule has 8 nitrogen and oxygen atoms in total. The summed E-state index contributed by atoms with van der Waals surface area (Å²) in [5, 5.41) is 13.7. The van der Waals surface area contributed by atoms with Gasteiger partial charge in [-0.3, -0.25) is 0 Å². The largest absolute Gasteiger partial charge is 0.383 e. The zero-order chi connectivity index (χ0) is 20.3. The van der Waals surface area contributed by atoms with Gasteiger partial charge >= 0.3 is 0 Å². The van der Waals surface area contributed by atoms with Gasteiger partial charge in [0.2, 0.25) is 0 Å². The smallest absolute Gasteiger partial charge is 0.109 e. The number of azide groups is 1. The lowest BCUT2D eigenvalue weighted by atomic mass is 9.86. The molecule has 0 aromatic carbocycles. The van der Waals surface area contributed by atoms with Crippen LogP contribution in [0.1, 0.15) is 46.5 Å². The van der Waals surface area contributed by atoms with Crippen molar-refractivity contribution < 1.29 is 14.2 Å². The monoisotopic (exact) mass is 379 g/mol. The lowest BCUT2D eigenvalue weighted by Gasteiger charge is -2.30. The quantitative estimate of drug-likeness (QED) is 0.169. The molecule has 152 valence electrons. The van der Waals surface area contributed by atoms with E-state index in [9.17, 15) is 10.8 Å². The first-order valence-corrected chi connectivity index (χ1v) is 9.63. The number of rotatable bonds is 12. The maximum Gasteiger partial charge on any atom is 0.109 e. The number of nitrogens with zero attached hydrogens (tertiary/aromatic N) is 5. The van der Waals surface area contributed by atoms with Gasteiger partial charge in [-0.25, -0.2) is 0 Å². The molecule has 0 spiro atoms. The predicted octanol–water partition coefficient (Wildman–Crippen LogP) is 3.79. The Morgan fingerprint density at radius 2 is 2.00 bits per heavy atom. The first kappa shape index (κ1) is 23.3. The van der Waals surface area contributed by atoms with E-state index in [1.807, 2.05) is 14.1 Å². The zero-order valence-electron chi connectivity index (χ0n) is 17.2. The molecular weight excluding hydrogens is 346 g/mol. The molecule has 0 saturated carbocycles. The molecule has 0 aromatic rings. The van der Waals surface area contributed by atoms with Gasteiger partial charge in [0.1, 0.15) is 17.7 Å². The Bertz CT molecular complexity index is 568. The summed E-state index contributed by atoms with van der Waals surface area (Å²) in [6, 6.07) is 2.19. The molecule has 0 radical (unpaired) electrons. The van der Waals surface area contributed by atoms with Gasteiger partial charge in [-0.2, -0.15) is 5.26 Å². The molecule has 27 heavy (non-hydrogen) atoms. The molecule has 1 aliphatic rings. The molecule has 1 aliphatic heterocycles. The molecule has 8 heteroatoms. The minimum atomic E-state index is -1.03. The van der Waals surface area contributed by atoms with E-state index in [1.165, 1.54) is 0 Å². The maximum absolute atomic E-state index is 9.64. The Morgan fingerprint density at radius 1 is 1.33 bits per heavy atom. The average molecular weight is 380 g/mol. The van der Waals surface area contributed by atoms with Crippen molar-refractivity contribution in [2.24, 2.45) is 5.11 Å². The van der Waals surface area contributed by atoms with Gasteiger partial charge in [0, 0.05) is 38.4 Å². The summed E-state index contributed by atoms with van der Waals surface area (Å²) in [7, 11) is 3.66. The number of hydrogen-bond donors (Lipinski definition) is 0. The van der Waals surface area contributed by atoms with Crippen LogP contribution in [0.4, 0.5) is 0 Å². The summed E-state index contributed by atoms with van der Waals surface area (Å²) in [6.45, 7) is 7.50. The predicted molar refractivity (Wildman–Crippen MR) is 104 cm³/mol. The van der Waals surface area contributed by atoms with Crippen LogP contribution < -0.4 is 0 Å². The molecule has 1 rings (SSSR count). The summed E-state index contributed by atoms with van der Waals surface area (Å²) in [4.78, 5) is 4.81. The van der Waals surface area contributed by atoms with Gasteiger partial charge in [0.25, 0.3) is 0 Å². The molecule has 0 amide bonds. The lowest BCUT2D eigenvalue weighted by Crippen LogP contribution is -2.46. The molecule has 0 aliphatic carbocycles. The number of hydrogen-bond acceptors (Lipinski definition) is 6. The van der Waals surface area contributed by atoms with Crippen LogP contribution in [0.25, 0.3) is 10.4 Å². The maximum atomic E-state index is 9.64. The Kier molecular flexibility index (Phi) is 10.2. The van der Waals surface area contributed by atoms with E-state index in [0.717, 1.165) is 25.7 Å². The van der Waals surface area contributed by atoms with Crippen LogP contribution in [0.3, 0.4) is 0 Å². The Balaban J connectivity index is 3.15. The minimum absolute atomic E-state index is 0.338. The lowest BCUT2D eigenvalue weighted by molar-refractivity contribution is -0.0628. The van der Waals surface area contributed by atoms with E-state index >= 15 is 0 Å². The van der Waals surface area contributed by atoms with Crippen molar-refractivity contribution in [1.29, 1.82) is 5.26 Å². The van der Waals surface area contributed by atoms with E-state index < -0.39 is 23.9 Å². The highest BCUT2D eigenvalue weighted by Gasteiger charge is 2.55. The fourth-order valence-electron chi connectivity index (χ4n) is 3.14. The van der Waals surface area contributed by atoms with Crippen molar-refractivity contribution in [3.8, 4) is 6.07 Å². The third kappa shape index (κ3) is 6.40. The highest BCUT2D eigenvalue weighted by molar-refractivity contribution is 5.32. The molecule has 0 aromatic heterocycles. The van der Waals surface area contributed by atoms with Crippen LogP contribution >= 0.6 is 0 Å². The molecule has 1 heterocycles. The second-order valence-corrected chi connectivity index (χ2v) is 7.20. The number of ether oxygens (including phenoxy) is 3. The van der Waals surface area contributed by atoms with Gasteiger partial charge in [0.15, 0.2) is 0 Å². The Morgan fingerprint density at radius 3 is 2.56 bits per heavy atom.